The number of amides is 1. The number of anilines is 2. The molecule has 1 saturated carbocycles. The zero-order valence-corrected chi connectivity index (χ0v) is 20.0. The predicted octanol–water partition coefficient (Wildman–Crippen LogP) is 5.21. The molecule has 180 valence electrons. The van der Waals surface area contributed by atoms with E-state index >= 15 is 0 Å². The second kappa shape index (κ2) is 9.44. The van der Waals surface area contributed by atoms with Gasteiger partial charge in [-0.25, -0.2) is 9.37 Å². The van der Waals surface area contributed by atoms with Gasteiger partial charge in [0.15, 0.2) is 0 Å². The number of methoxy groups -OCH3 is 1. The largest absolute Gasteiger partial charge is 0.468 e. The van der Waals surface area contributed by atoms with Gasteiger partial charge in [-0.05, 0) is 73.1 Å². The summed E-state index contributed by atoms with van der Waals surface area (Å²) < 4.78 is 20.2. The molecule has 0 radical (unpaired) electrons. The van der Waals surface area contributed by atoms with Crippen LogP contribution in [0.3, 0.4) is 0 Å². The molecule has 1 heterocycles. The summed E-state index contributed by atoms with van der Waals surface area (Å²) in [5.74, 6) is 0.0298. The van der Waals surface area contributed by atoms with E-state index in [1.807, 2.05) is 6.07 Å². The molecule has 3 aromatic rings. The number of halogens is 1. The third-order valence-electron chi connectivity index (χ3n) is 6.40. The Kier molecular flexibility index (Phi) is 6.59. The summed E-state index contributed by atoms with van der Waals surface area (Å²) in [6.07, 6.45) is 3.19. The number of hydrogen-bond acceptors (Lipinski definition) is 5. The molecule has 4 rings (SSSR count). The summed E-state index contributed by atoms with van der Waals surface area (Å²) in [4.78, 5) is 28.7. The van der Waals surface area contributed by atoms with E-state index < -0.39 is 5.97 Å². The smallest absolute Gasteiger partial charge is 0.325 e. The fourth-order valence-electron chi connectivity index (χ4n) is 5.18. The second-order valence-corrected chi connectivity index (χ2v) is 9.97. The van der Waals surface area contributed by atoms with Crippen molar-refractivity contribution < 1.29 is 18.7 Å². The third kappa shape index (κ3) is 5.21. The van der Waals surface area contributed by atoms with Crippen LogP contribution in [0, 0.1) is 17.2 Å². The number of hydrogen-bond donors (Lipinski definition) is 2. The average molecular weight is 467 g/mol. The van der Waals surface area contributed by atoms with Gasteiger partial charge in [-0.3, -0.25) is 9.59 Å². The van der Waals surface area contributed by atoms with E-state index in [-0.39, 0.29) is 29.7 Å². The van der Waals surface area contributed by atoms with E-state index in [1.54, 1.807) is 24.3 Å². The molecular weight excluding hydrogens is 435 g/mol. The summed E-state index contributed by atoms with van der Waals surface area (Å²) in [7, 11) is 1.27. The highest BCUT2D eigenvalue weighted by Gasteiger charge is 2.34. The van der Waals surface area contributed by atoms with E-state index in [9.17, 15) is 14.0 Å². The maximum atomic E-state index is 13.4. The molecule has 1 fully saturated rings. The molecule has 2 aromatic carbocycles. The van der Waals surface area contributed by atoms with Crippen molar-refractivity contribution in [2.45, 2.75) is 46.1 Å². The van der Waals surface area contributed by atoms with Crippen molar-refractivity contribution in [3.63, 3.8) is 0 Å². The van der Waals surface area contributed by atoms with Crippen molar-refractivity contribution in [2.75, 3.05) is 19.0 Å². The molecule has 1 aliphatic rings. The monoisotopic (exact) mass is 466 g/mol. The van der Waals surface area contributed by atoms with Gasteiger partial charge in [-0.15, -0.1) is 0 Å². The minimum atomic E-state index is -0.515. The molecule has 8 heteroatoms. The zero-order chi connectivity index (χ0) is 24.5. The van der Waals surface area contributed by atoms with Gasteiger partial charge in [0.05, 0.1) is 18.1 Å². The van der Waals surface area contributed by atoms with Crippen LogP contribution in [-0.2, 0) is 9.53 Å². The van der Waals surface area contributed by atoms with Crippen LogP contribution in [0.25, 0.3) is 11.0 Å². The van der Waals surface area contributed by atoms with Gasteiger partial charge in [-0.2, -0.15) is 0 Å². The maximum Gasteiger partial charge on any atom is 0.325 e. The first kappa shape index (κ1) is 23.7. The van der Waals surface area contributed by atoms with Crippen LogP contribution >= 0.6 is 0 Å². The number of esters is 1. The number of rotatable bonds is 6. The molecule has 1 unspecified atom stereocenters. The first-order valence-electron chi connectivity index (χ1n) is 11.5. The number of benzene rings is 2. The van der Waals surface area contributed by atoms with Crippen LogP contribution in [-0.4, -0.2) is 35.1 Å². The number of imidazole rings is 1. The van der Waals surface area contributed by atoms with Gasteiger partial charge in [0.1, 0.15) is 12.4 Å². The van der Waals surface area contributed by atoms with Crippen LogP contribution in [0.2, 0.25) is 0 Å². The van der Waals surface area contributed by atoms with Crippen molar-refractivity contribution in [3.8, 4) is 0 Å². The van der Waals surface area contributed by atoms with E-state index in [0.717, 1.165) is 24.0 Å². The lowest BCUT2D eigenvalue weighted by Gasteiger charge is -2.40. The average Bonchev–Trinajstić information content (AvgIpc) is 3.14. The Bertz CT molecular complexity index is 1200. The van der Waals surface area contributed by atoms with E-state index in [4.69, 9.17) is 4.98 Å². The molecule has 1 amide bonds. The van der Waals surface area contributed by atoms with Crippen LogP contribution in [0.1, 0.15) is 56.4 Å². The highest BCUT2D eigenvalue weighted by Crippen LogP contribution is 2.46. The Hall–Kier alpha value is -3.42. The number of carbonyl (C=O) groups is 2. The number of carbonyl (C=O) groups excluding carboxylic acids is 2. The zero-order valence-electron chi connectivity index (χ0n) is 20.0. The molecular formula is C26H31FN4O3. The first-order valence-corrected chi connectivity index (χ1v) is 11.5. The van der Waals surface area contributed by atoms with E-state index in [2.05, 4.69) is 40.7 Å². The van der Waals surface area contributed by atoms with E-state index in [1.165, 1.54) is 25.7 Å². The van der Waals surface area contributed by atoms with Gasteiger partial charge in [-0.1, -0.05) is 20.8 Å². The Labute approximate surface area is 198 Å². The summed E-state index contributed by atoms with van der Waals surface area (Å²) in [5.41, 5.74) is 2.93. The molecule has 7 nitrogen and oxygen atoms in total. The molecule has 0 bridgehead atoms. The molecule has 0 aliphatic heterocycles. The molecule has 34 heavy (non-hydrogen) atoms. The highest BCUT2D eigenvalue weighted by molar-refractivity contribution is 5.99. The number of nitrogens with one attached hydrogen (secondary N) is 2. The lowest BCUT2D eigenvalue weighted by Crippen LogP contribution is -2.30. The minimum Gasteiger partial charge on any atom is -0.468 e. The van der Waals surface area contributed by atoms with Crippen molar-refractivity contribution in [1.82, 2.24) is 14.9 Å². The molecule has 0 spiro atoms. The quantitative estimate of drug-likeness (QED) is 0.487. The SMILES string of the molecule is COC(=O)CNC(=O)c1ccc2c(c1)nc(Nc1ccc(F)cc1)n2[C@@H]1CC(C)CC(C)(C)C1. The lowest BCUT2D eigenvalue weighted by molar-refractivity contribution is -0.139. The number of aromatic nitrogens is 2. The molecule has 0 saturated heterocycles. The number of fused-ring (bicyclic) bond motifs is 1. The Morgan fingerprint density at radius 1 is 1.18 bits per heavy atom. The van der Waals surface area contributed by atoms with Crippen LogP contribution < -0.4 is 10.6 Å². The van der Waals surface area contributed by atoms with Gasteiger partial charge in [0.2, 0.25) is 5.95 Å². The van der Waals surface area contributed by atoms with Crippen molar-refractivity contribution in [2.24, 2.45) is 11.3 Å². The fourth-order valence-corrected chi connectivity index (χ4v) is 5.18. The minimum absolute atomic E-state index is 0.194. The van der Waals surface area contributed by atoms with Crippen molar-refractivity contribution in [3.05, 3.63) is 53.8 Å². The molecule has 1 aromatic heterocycles. The summed E-state index contributed by atoms with van der Waals surface area (Å²) >= 11 is 0. The first-order chi connectivity index (χ1) is 16.1. The van der Waals surface area contributed by atoms with Gasteiger partial charge in [0, 0.05) is 17.3 Å². The van der Waals surface area contributed by atoms with Crippen molar-refractivity contribution >= 4 is 34.5 Å². The van der Waals surface area contributed by atoms with Crippen LogP contribution in [0.15, 0.2) is 42.5 Å². The van der Waals surface area contributed by atoms with Crippen LogP contribution in [0.5, 0.6) is 0 Å². The van der Waals surface area contributed by atoms with Crippen LogP contribution in [0.4, 0.5) is 16.0 Å². The lowest BCUT2D eigenvalue weighted by atomic mass is 9.70. The number of ether oxygens (including phenoxy) is 1. The maximum absolute atomic E-state index is 13.4. The second-order valence-electron chi connectivity index (χ2n) is 9.97. The van der Waals surface area contributed by atoms with Crippen molar-refractivity contribution in [1.29, 1.82) is 0 Å². The molecule has 1 aliphatic carbocycles. The predicted molar refractivity (Wildman–Crippen MR) is 130 cm³/mol. The fraction of sp³-hybridized carbons (Fsp3) is 0.423. The Morgan fingerprint density at radius 3 is 2.59 bits per heavy atom. The van der Waals surface area contributed by atoms with Gasteiger partial charge < -0.3 is 19.9 Å². The van der Waals surface area contributed by atoms with Gasteiger partial charge >= 0.3 is 5.97 Å². The summed E-state index contributed by atoms with van der Waals surface area (Å²) in [5, 5.41) is 5.91. The summed E-state index contributed by atoms with van der Waals surface area (Å²) in [6.45, 7) is 6.68. The molecule has 2 N–H and O–H groups in total. The normalized spacial score (nSPS) is 19.6. The summed E-state index contributed by atoms with van der Waals surface area (Å²) in [6, 6.07) is 11.8. The molecule has 2 atom stereocenters. The van der Waals surface area contributed by atoms with E-state index in [0.29, 0.717) is 22.9 Å². The highest BCUT2D eigenvalue weighted by atomic mass is 19.1. The third-order valence-corrected chi connectivity index (χ3v) is 6.40. The topological polar surface area (TPSA) is 85.2 Å². The van der Waals surface area contributed by atoms with Gasteiger partial charge in [0.25, 0.3) is 5.91 Å². The Balaban J connectivity index is 1.73. The standard InChI is InChI=1S/C26H31FN4O3/c1-16-11-20(14-26(2,3)13-16)31-22-10-5-17(24(33)28-15-23(32)34-4)12-21(22)30-25(31)29-19-8-6-18(27)7-9-19/h5-10,12,16,20H,11,13-15H2,1-4H3,(H,28,33)(H,29,30)/t16?,20-/m1/s1. The number of nitrogens with zero attached hydrogens (tertiary/aromatic N) is 2. The Morgan fingerprint density at radius 2 is 1.91 bits per heavy atom.